The van der Waals surface area contributed by atoms with Crippen LogP contribution < -0.4 is 5.73 Å². The fraction of sp³-hybridized carbons (Fsp3) is 0.820. The van der Waals surface area contributed by atoms with Gasteiger partial charge in [-0.2, -0.15) is 0 Å². The van der Waals surface area contributed by atoms with Gasteiger partial charge >= 0.3 is 13.8 Å². The Morgan fingerprint density at radius 1 is 0.443 bits per heavy atom. The Kier molecular flexibility index (Phi) is 56.6. The Balaban J connectivity index is 3.86. The number of allylic oxidation sites excluding steroid dienone is 10. The van der Waals surface area contributed by atoms with Crippen molar-refractivity contribution in [2.24, 2.45) is 5.73 Å². The monoisotopic (exact) mass is 1000 g/mol. The number of hydrogen-bond donors (Lipinski definition) is 2. The van der Waals surface area contributed by atoms with Gasteiger partial charge in [0.05, 0.1) is 19.8 Å². The van der Waals surface area contributed by atoms with Gasteiger partial charge in [0.15, 0.2) is 0 Å². The minimum absolute atomic E-state index is 0.0971. The zero-order valence-electron chi connectivity index (χ0n) is 46.0. The van der Waals surface area contributed by atoms with Crippen LogP contribution in [0.5, 0.6) is 0 Å². The van der Waals surface area contributed by atoms with Crippen LogP contribution in [0, 0.1) is 0 Å². The molecule has 0 aromatic heterocycles. The molecule has 70 heavy (non-hydrogen) atoms. The third kappa shape index (κ3) is 57.1. The number of hydrogen-bond acceptors (Lipinski definition) is 7. The molecule has 0 aliphatic rings. The summed E-state index contributed by atoms with van der Waals surface area (Å²) < 4.78 is 33.7. The highest BCUT2D eigenvalue weighted by Crippen LogP contribution is 2.43. The first-order valence-corrected chi connectivity index (χ1v) is 31.3. The van der Waals surface area contributed by atoms with Gasteiger partial charge in [-0.25, -0.2) is 4.57 Å². The molecule has 0 rings (SSSR count). The predicted molar refractivity (Wildman–Crippen MR) is 302 cm³/mol. The van der Waals surface area contributed by atoms with Gasteiger partial charge in [0.2, 0.25) is 0 Å². The molecule has 0 heterocycles. The summed E-state index contributed by atoms with van der Waals surface area (Å²) in [6.45, 7) is 4.85. The average molecular weight is 1000 g/mol. The topological polar surface area (TPSA) is 117 Å². The molecule has 0 aliphatic carbocycles. The lowest BCUT2D eigenvalue weighted by molar-refractivity contribution is -0.154. The van der Waals surface area contributed by atoms with Crippen LogP contribution in [-0.2, 0) is 27.9 Å². The Labute approximate surface area is 433 Å². The molecule has 0 aliphatic heterocycles. The highest BCUT2D eigenvalue weighted by molar-refractivity contribution is 7.47. The van der Waals surface area contributed by atoms with Crippen molar-refractivity contribution in [3.8, 4) is 0 Å². The highest BCUT2D eigenvalue weighted by atomic mass is 31.2. The van der Waals surface area contributed by atoms with E-state index < -0.39 is 13.9 Å². The van der Waals surface area contributed by atoms with Crippen molar-refractivity contribution in [3.63, 3.8) is 0 Å². The van der Waals surface area contributed by atoms with Crippen molar-refractivity contribution in [3.05, 3.63) is 60.8 Å². The molecule has 2 unspecified atom stereocenters. The lowest BCUT2D eigenvalue weighted by atomic mass is 10.0. The molecule has 0 fully saturated rings. The predicted octanol–water partition coefficient (Wildman–Crippen LogP) is 19.2. The third-order valence-electron chi connectivity index (χ3n) is 12.9. The number of ether oxygens (including phenoxy) is 2. The van der Waals surface area contributed by atoms with Gasteiger partial charge in [-0.05, 0) is 57.8 Å². The smallest absolute Gasteiger partial charge is 0.457 e. The molecule has 0 saturated heterocycles. The van der Waals surface area contributed by atoms with E-state index in [0.717, 1.165) is 70.6 Å². The third-order valence-corrected chi connectivity index (χ3v) is 13.9. The summed E-state index contributed by atoms with van der Waals surface area (Å²) >= 11 is 0. The second-order valence-electron chi connectivity index (χ2n) is 19.8. The maximum Gasteiger partial charge on any atom is 0.472 e. The van der Waals surface area contributed by atoms with Crippen molar-refractivity contribution in [1.82, 2.24) is 0 Å². The van der Waals surface area contributed by atoms with Crippen LogP contribution in [0.25, 0.3) is 0 Å². The molecule has 9 heteroatoms. The standard InChI is InChI=1S/C61H114NO7P/c1-3-5-7-9-11-13-15-17-19-21-23-25-27-29-31-33-35-37-39-41-43-45-47-49-51-53-56-66-58-60(59-68-70(64,65)67-57-55-62)69-61(63)54-52-50-48-46-44-42-40-38-36-34-32-30-28-26-24-22-20-18-16-14-12-10-8-6-4-2/h6,8,12,14,18,20,24,26,30,32,60H,3-5,7,9-11,13,15-17,19,21-23,25,27-29,31,33-59,62H2,1-2H3,(H,64,65)/b8-6-,14-12-,20-18-,26-24-,32-30-. The molecule has 3 N–H and O–H groups in total. The number of unbranched alkanes of at least 4 members (excludes halogenated alkanes) is 34. The molecule has 0 amide bonds. The van der Waals surface area contributed by atoms with Gasteiger partial charge < -0.3 is 20.1 Å². The van der Waals surface area contributed by atoms with E-state index in [1.165, 1.54) is 193 Å². The van der Waals surface area contributed by atoms with E-state index in [2.05, 4.69) is 74.6 Å². The van der Waals surface area contributed by atoms with E-state index in [1.54, 1.807) is 0 Å². The van der Waals surface area contributed by atoms with Crippen molar-refractivity contribution < 1.29 is 32.8 Å². The SMILES string of the molecule is CC/C=C\C/C=C\C/C=C\C/C=C\C/C=C\CCCCCCCCCCCC(=O)OC(COCCCCCCCCCCCCCCCCCCCCCCCCCCCC)COP(=O)(O)OCCN. The lowest BCUT2D eigenvalue weighted by Gasteiger charge is -2.20. The fourth-order valence-corrected chi connectivity index (χ4v) is 9.38. The van der Waals surface area contributed by atoms with Crippen molar-refractivity contribution in [1.29, 1.82) is 0 Å². The summed E-state index contributed by atoms with van der Waals surface area (Å²) in [7, 11) is -4.29. The summed E-state index contributed by atoms with van der Waals surface area (Å²) in [6.07, 6.45) is 74.3. The molecule has 2 atom stereocenters. The zero-order chi connectivity index (χ0) is 50.8. The number of carbonyl (C=O) groups is 1. The summed E-state index contributed by atoms with van der Waals surface area (Å²) in [5.41, 5.74) is 5.41. The van der Waals surface area contributed by atoms with E-state index in [1.807, 2.05) is 0 Å². The molecule has 0 bridgehead atoms. The van der Waals surface area contributed by atoms with E-state index >= 15 is 0 Å². The van der Waals surface area contributed by atoms with E-state index in [-0.39, 0.29) is 32.3 Å². The van der Waals surface area contributed by atoms with Crippen molar-refractivity contribution >= 4 is 13.8 Å². The van der Waals surface area contributed by atoms with Gasteiger partial charge in [0, 0.05) is 19.6 Å². The molecule has 0 aromatic rings. The Hall–Kier alpha value is -1.80. The quantitative estimate of drug-likeness (QED) is 0.0268. The maximum atomic E-state index is 12.7. The van der Waals surface area contributed by atoms with Gasteiger partial charge in [-0.15, -0.1) is 0 Å². The summed E-state index contributed by atoms with van der Waals surface area (Å²) in [6, 6.07) is 0. The van der Waals surface area contributed by atoms with E-state index in [0.29, 0.717) is 13.0 Å². The normalized spacial score (nSPS) is 13.6. The first-order chi connectivity index (χ1) is 34.4. The minimum Gasteiger partial charge on any atom is -0.457 e. The van der Waals surface area contributed by atoms with Gasteiger partial charge in [-0.1, -0.05) is 280 Å². The Morgan fingerprint density at radius 3 is 1.20 bits per heavy atom. The second-order valence-corrected chi connectivity index (χ2v) is 21.3. The van der Waals surface area contributed by atoms with Crippen LogP contribution in [0.1, 0.15) is 284 Å². The number of nitrogens with two attached hydrogens (primary N) is 1. The number of phosphoric acid groups is 1. The largest absolute Gasteiger partial charge is 0.472 e. The van der Waals surface area contributed by atoms with E-state index in [4.69, 9.17) is 24.3 Å². The van der Waals surface area contributed by atoms with Crippen LogP contribution in [0.4, 0.5) is 0 Å². The average Bonchev–Trinajstić information content (AvgIpc) is 3.35. The summed E-state index contributed by atoms with van der Waals surface area (Å²) in [4.78, 5) is 22.7. The number of phosphoric ester groups is 1. The van der Waals surface area contributed by atoms with Crippen molar-refractivity contribution in [2.45, 2.75) is 290 Å². The van der Waals surface area contributed by atoms with Gasteiger partial charge in [0.25, 0.3) is 0 Å². The number of carbonyl (C=O) groups excluding carboxylic acids is 1. The first kappa shape index (κ1) is 68.2. The highest BCUT2D eigenvalue weighted by Gasteiger charge is 2.25. The molecular formula is C61H114NO7P. The molecule has 0 radical (unpaired) electrons. The van der Waals surface area contributed by atoms with Gasteiger partial charge in [-0.3, -0.25) is 13.8 Å². The number of esters is 1. The molecule has 8 nitrogen and oxygen atoms in total. The summed E-state index contributed by atoms with van der Waals surface area (Å²) in [5.74, 6) is -0.333. The Morgan fingerprint density at radius 2 is 0.800 bits per heavy atom. The van der Waals surface area contributed by atoms with Crippen molar-refractivity contribution in [2.75, 3.05) is 33.0 Å². The zero-order valence-corrected chi connectivity index (χ0v) is 46.9. The number of rotatable bonds is 57. The molecule has 410 valence electrons. The van der Waals surface area contributed by atoms with Gasteiger partial charge in [0.1, 0.15) is 6.10 Å². The molecular weight excluding hydrogens is 890 g/mol. The maximum absolute atomic E-state index is 12.7. The van der Waals surface area contributed by atoms with Crippen LogP contribution in [0.3, 0.4) is 0 Å². The van der Waals surface area contributed by atoms with Crippen LogP contribution >= 0.6 is 7.82 Å². The lowest BCUT2D eigenvalue weighted by Crippen LogP contribution is -2.28. The summed E-state index contributed by atoms with van der Waals surface area (Å²) in [5, 5.41) is 0. The second kappa shape index (κ2) is 58.1. The molecule has 0 spiro atoms. The molecule has 0 aromatic carbocycles. The fourth-order valence-electron chi connectivity index (χ4n) is 8.62. The van der Waals surface area contributed by atoms with Crippen LogP contribution in [0.2, 0.25) is 0 Å². The van der Waals surface area contributed by atoms with Crippen LogP contribution in [-0.4, -0.2) is 49.9 Å². The van der Waals surface area contributed by atoms with Crippen LogP contribution in [0.15, 0.2) is 60.8 Å². The minimum atomic E-state index is -4.29. The molecule has 0 saturated carbocycles. The van der Waals surface area contributed by atoms with E-state index in [9.17, 15) is 14.3 Å². The Bertz CT molecular complexity index is 1270. The first-order valence-electron chi connectivity index (χ1n) is 29.8.